The van der Waals surface area contributed by atoms with Crippen LogP contribution in [0.1, 0.15) is 22.8 Å². The number of halogens is 1. The molecule has 0 spiro atoms. The van der Waals surface area contributed by atoms with E-state index in [-0.39, 0.29) is 5.56 Å². The number of carbonyl (C=O) groups is 1. The smallest absolute Gasteiger partial charge is 0.271 e. The molecule has 2 rings (SSSR count). The molecule has 25 heavy (non-hydrogen) atoms. The highest BCUT2D eigenvalue weighted by molar-refractivity contribution is 6.01. The number of nitrogens with zero attached hydrogens (tertiary/aromatic N) is 1. The summed E-state index contributed by atoms with van der Waals surface area (Å²) in [5.74, 6) is 0.178. The number of nitrogens with one attached hydrogen (secondary N) is 1. The Bertz CT molecular complexity index is 780. The topological polar surface area (TPSA) is 69.2 Å². The van der Waals surface area contributed by atoms with Crippen LogP contribution in [0.5, 0.6) is 17.2 Å². The van der Waals surface area contributed by atoms with E-state index in [1.165, 1.54) is 39.5 Å². The van der Waals surface area contributed by atoms with Gasteiger partial charge in [0.25, 0.3) is 5.91 Å². The number of hydrogen-bond donors (Lipinski definition) is 1. The van der Waals surface area contributed by atoms with E-state index < -0.39 is 11.7 Å². The molecule has 0 aromatic heterocycles. The van der Waals surface area contributed by atoms with Gasteiger partial charge in [-0.2, -0.15) is 5.10 Å². The van der Waals surface area contributed by atoms with Crippen molar-refractivity contribution >= 4 is 11.6 Å². The molecule has 0 unspecified atom stereocenters. The molecule has 0 saturated heterocycles. The minimum absolute atomic E-state index is 0.264. The first-order valence-electron chi connectivity index (χ1n) is 7.41. The molecule has 0 fully saturated rings. The molecule has 0 aliphatic heterocycles. The molecule has 0 bridgehead atoms. The number of hydrazone groups is 1. The summed E-state index contributed by atoms with van der Waals surface area (Å²) in [7, 11) is 4.39. The summed E-state index contributed by atoms with van der Waals surface area (Å²) in [5, 5.41) is 3.95. The van der Waals surface area contributed by atoms with Crippen molar-refractivity contribution in [3.8, 4) is 17.2 Å². The van der Waals surface area contributed by atoms with Crippen LogP contribution in [0, 0.1) is 5.82 Å². The highest BCUT2D eigenvalue weighted by atomic mass is 19.1. The molecule has 0 radical (unpaired) electrons. The lowest BCUT2D eigenvalue weighted by Crippen LogP contribution is -2.20. The summed E-state index contributed by atoms with van der Waals surface area (Å²) >= 11 is 0. The minimum Gasteiger partial charge on any atom is -0.493 e. The Kier molecular flexibility index (Phi) is 5.94. The summed E-state index contributed by atoms with van der Waals surface area (Å²) in [6.07, 6.45) is 0. The van der Waals surface area contributed by atoms with Gasteiger partial charge in [-0.3, -0.25) is 4.79 Å². The first-order valence-corrected chi connectivity index (χ1v) is 7.41. The molecule has 0 heterocycles. The van der Waals surface area contributed by atoms with Gasteiger partial charge in [-0.15, -0.1) is 0 Å². The number of hydrogen-bond acceptors (Lipinski definition) is 5. The summed E-state index contributed by atoms with van der Waals surface area (Å²) in [6, 6.07) is 9.20. The lowest BCUT2D eigenvalue weighted by atomic mass is 10.1. The predicted molar refractivity (Wildman–Crippen MR) is 92.2 cm³/mol. The van der Waals surface area contributed by atoms with Crippen LogP contribution in [0.4, 0.5) is 4.39 Å². The average molecular weight is 346 g/mol. The SMILES string of the molecule is COc1cc(C(=O)N/N=C(/C)c2ccccc2F)cc(OC)c1OC. The fraction of sp³-hybridized carbons (Fsp3) is 0.222. The van der Waals surface area contributed by atoms with Gasteiger partial charge in [0.15, 0.2) is 11.5 Å². The van der Waals surface area contributed by atoms with E-state index in [4.69, 9.17) is 14.2 Å². The lowest BCUT2D eigenvalue weighted by molar-refractivity contribution is 0.0954. The predicted octanol–water partition coefficient (Wildman–Crippen LogP) is 3.01. The van der Waals surface area contributed by atoms with Crippen molar-refractivity contribution < 1.29 is 23.4 Å². The van der Waals surface area contributed by atoms with Gasteiger partial charge >= 0.3 is 0 Å². The minimum atomic E-state index is -0.491. The highest BCUT2D eigenvalue weighted by Gasteiger charge is 2.17. The first kappa shape index (κ1) is 18.3. The zero-order valence-electron chi connectivity index (χ0n) is 14.4. The molecule has 2 aromatic rings. The number of carbonyl (C=O) groups excluding carboxylic acids is 1. The highest BCUT2D eigenvalue weighted by Crippen LogP contribution is 2.38. The van der Waals surface area contributed by atoms with Gasteiger partial charge in [0.1, 0.15) is 5.82 Å². The second kappa shape index (κ2) is 8.14. The van der Waals surface area contributed by atoms with Crippen LogP contribution >= 0.6 is 0 Å². The van der Waals surface area contributed by atoms with Crippen LogP contribution in [-0.4, -0.2) is 32.9 Å². The molecule has 0 saturated carbocycles. The molecule has 132 valence electrons. The van der Waals surface area contributed by atoms with Crippen LogP contribution in [-0.2, 0) is 0 Å². The van der Waals surface area contributed by atoms with Crippen LogP contribution in [0.15, 0.2) is 41.5 Å². The molecule has 1 amide bonds. The van der Waals surface area contributed by atoms with E-state index in [9.17, 15) is 9.18 Å². The Labute approximate surface area is 145 Å². The van der Waals surface area contributed by atoms with Gasteiger partial charge in [-0.1, -0.05) is 18.2 Å². The van der Waals surface area contributed by atoms with Gasteiger partial charge < -0.3 is 14.2 Å². The summed E-state index contributed by atoms with van der Waals surface area (Å²) in [5.41, 5.74) is 3.32. The van der Waals surface area contributed by atoms with Crippen molar-refractivity contribution in [3.05, 3.63) is 53.3 Å². The average Bonchev–Trinajstić information content (AvgIpc) is 2.64. The number of amides is 1. The fourth-order valence-corrected chi connectivity index (χ4v) is 2.23. The van der Waals surface area contributed by atoms with Gasteiger partial charge in [-0.05, 0) is 25.1 Å². The Balaban J connectivity index is 2.26. The summed E-state index contributed by atoms with van der Waals surface area (Å²) in [4.78, 5) is 12.3. The lowest BCUT2D eigenvalue weighted by Gasteiger charge is -2.13. The van der Waals surface area contributed by atoms with Crippen molar-refractivity contribution in [2.45, 2.75) is 6.92 Å². The molecular weight excluding hydrogens is 327 g/mol. The van der Waals surface area contributed by atoms with Gasteiger partial charge in [-0.25, -0.2) is 9.82 Å². The van der Waals surface area contributed by atoms with E-state index in [1.807, 2.05) is 0 Å². The maximum Gasteiger partial charge on any atom is 0.271 e. The Morgan fingerprint density at radius 1 is 1.04 bits per heavy atom. The van der Waals surface area contributed by atoms with Crippen LogP contribution in [0.3, 0.4) is 0 Å². The second-order valence-corrected chi connectivity index (χ2v) is 5.03. The van der Waals surface area contributed by atoms with Crippen LogP contribution in [0.2, 0.25) is 0 Å². The first-order chi connectivity index (χ1) is 12.0. The van der Waals surface area contributed by atoms with Crippen molar-refractivity contribution in [1.29, 1.82) is 0 Å². The van der Waals surface area contributed by atoms with Crippen molar-refractivity contribution in [3.63, 3.8) is 0 Å². The van der Waals surface area contributed by atoms with Crippen LogP contribution < -0.4 is 19.6 Å². The largest absolute Gasteiger partial charge is 0.493 e. The Morgan fingerprint density at radius 2 is 1.64 bits per heavy atom. The zero-order chi connectivity index (χ0) is 18.4. The summed E-state index contributed by atoms with van der Waals surface area (Å²) < 4.78 is 29.4. The molecular formula is C18H19FN2O4. The number of benzene rings is 2. The third kappa shape index (κ3) is 4.06. The van der Waals surface area contributed by atoms with Gasteiger partial charge in [0.2, 0.25) is 5.75 Å². The standard InChI is InChI=1S/C18H19FN2O4/c1-11(13-7-5-6-8-14(13)19)20-21-18(22)12-9-15(23-2)17(25-4)16(10-12)24-3/h5-10H,1-4H3,(H,21,22)/b20-11-. The van der Waals surface area contributed by atoms with Crippen LogP contribution in [0.25, 0.3) is 0 Å². The van der Waals surface area contributed by atoms with E-state index >= 15 is 0 Å². The molecule has 7 heteroatoms. The van der Waals surface area contributed by atoms with E-state index in [1.54, 1.807) is 25.1 Å². The maximum absolute atomic E-state index is 13.7. The Hall–Kier alpha value is -3.09. The molecule has 6 nitrogen and oxygen atoms in total. The third-order valence-electron chi connectivity index (χ3n) is 3.52. The molecule has 0 aliphatic rings. The molecule has 2 aromatic carbocycles. The third-order valence-corrected chi connectivity index (χ3v) is 3.52. The van der Waals surface area contributed by atoms with E-state index in [0.29, 0.717) is 28.5 Å². The van der Waals surface area contributed by atoms with E-state index in [0.717, 1.165) is 0 Å². The van der Waals surface area contributed by atoms with E-state index in [2.05, 4.69) is 10.5 Å². The molecule has 1 N–H and O–H groups in total. The van der Waals surface area contributed by atoms with Gasteiger partial charge in [0, 0.05) is 11.1 Å². The monoisotopic (exact) mass is 346 g/mol. The number of rotatable bonds is 6. The summed E-state index contributed by atoms with van der Waals surface area (Å²) in [6.45, 7) is 1.61. The second-order valence-electron chi connectivity index (χ2n) is 5.03. The van der Waals surface area contributed by atoms with Crippen molar-refractivity contribution in [2.24, 2.45) is 5.10 Å². The van der Waals surface area contributed by atoms with Crippen molar-refractivity contribution in [2.75, 3.05) is 21.3 Å². The number of ether oxygens (including phenoxy) is 3. The fourth-order valence-electron chi connectivity index (χ4n) is 2.23. The number of methoxy groups -OCH3 is 3. The maximum atomic E-state index is 13.7. The molecule has 0 atom stereocenters. The Morgan fingerprint density at radius 3 is 2.16 bits per heavy atom. The zero-order valence-corrected chi connectivity index (χ0v) is 14.4. The molecule has 0 aliphatic carbocycles. The van der Waals surface area contributed by atoms with Gasteiger partial charge in [0.05, 0.1) is 27.0 Å². The quantitative estimate of drug-likeness (QED) is 0.645. The normalized spacial score (nSPS) is 11.0. The van der Waals surface area contributed by atoms with Crippen molar-refractivity contribution in [1.82, 2.24) is 5.43 Å².